The van der Waals surface area contributed by atoms with Gasteiger partial charge < -0.3 is 9.72 Å². The Hall–Kier alpha value is -4.59. The number of hydrogen-bond acceptors (Lipinski definition) is 5. The number of rotatable bonds is 5. The molecule has 1 aliphatic carbocycles. The van der Waals surface area contributed by atoms with Crippen LogP contribution in [0.3, 0.4) is 0 Å². The summed E-state index contributed by atoms with van der Waals surface area (Å²) in [7, 11) is 0. The number of halogens is 1. The molecule has 0 radical (unpaired) electrons. The van der Waals surface area contributed by atoms with Crippen LogP contribution < -0.4 is 4.74 Å². The van der Waals surface area contributed by atoms with Crippen molar-refractivity contribution in [2.24, 2.45) is 0 Å². The van der Waals surface area contributed by atoms with E-state index in [4.69, 9.17) is 4.74 Å². The molecule has 0 unspecified atom stereocenters. The minimum absolute atomic E-state index is 0.260. The van der Waals surface area contributed by atoms with Crippen molar-refractivity contribution < 1.29 is 9.13 Å². The van der Waals surface area contributed by atoms with Crippen LogP contribution in [0.2, 0.25) is 0 Å². The Balaban J connectivity index is 1.26. The molecule has 0 aliphatic heterocycles. The summed E-state index contributed by atoms with van der Waals surface area (Å²) >= 11 is 0. The molecule has 38 heavy (non-hydrogen) atoms. The number of aromatic amines is 2. The summed E-state index contributed by atoms with van der Waals surface area (Å²) in [5, 5.41) is 9.35. The molecule has 7 rings (SSSR count). The van der Waals surface area contributed by atoms with Crippen LogP contribution in [0, 0.1) is 5.82 Å². The molecule has 0 saturated heterocycles. The van der Waals surface area contributed by atoms with Crippen molar-refractivity contribution in [3.63, 3.8) is 0 Å². The Morgan fingerprint density at radius 3 is 2.63 bits per heavy atom. The van der Waals surface area contributed by atoms with E-state index in [-0.39, 0.29) is 11.9 Å². The molecule has 1 aromatic carbocycles. The van der Waals surface area contributed by atoms with Crippen LogP contribution in [0.1, 0.15) is 32.1 Å². The second kappa shape index (κ2) is 9.37. The number of ether oxygens (including phenoxy) is 1. The average Bonchev–Trinajstić information content (AvgIpc) is 3.57. The molecule has 0 amide bonds. The van der Waals surface area contributed by atoms with E-state index in [1.54, 1.807) is 18.5 Å². The number of fused-ring (bicyclic) bond motifs is 2. The van der Waals surface area contributed by atoms with Gasteiger partial charge in [0.2, 0.25) is 0 Å². The van der Waals surface area contributed by atoms with Crippen molar-refractivity contribution in [1.82, 2.24) is 30.1 Å². The first-order valence-corrected chi connectivity index (χ1v) is 12.9. The summed E-state index contributed by atoms with van der Waals surface area (Å²) in [5.74, 6) is 0.493. The first kappa shape index (κ1) is 22.6. The van der Waals surface area contributed by atoms with Gasteiger partial charge in [0.1, 0.15) is 11.6 Å². The molecule has 0 atom stereocenters. The molecule has 0 bridgehead atoms. The highest BCUT2D eigenvalue weighted by molar-refractivity contribution is 6.00. The molecule has 7 nitrogen and oxygen atoms in total. The predicted molar refractivity (Wildman–Crippen MR) is 145 cm³/mol. The van der Waals surface area contributed by atoms with E-state index in [1.165, 1.54) is 31.4 Å². The first-order chi connectivity index (χ1) is 18.7. The number of hydrogen-bond donors (Lipinski definition) is 2. The predicted octanol–water partition coefficient (Wildman–Crippen LogP) is 7.08. The minimum atomic E-state index is -0.294. The molecule has 188 valence electrons. The summed E-state index contributed by atoms with van der Waals surface area (Å²) in [6.07, 6.45) is 13.3. The van der Waals surface area contributed by atoms with Gasteiger partial charge in [0.25, 0.3) is 0 Å². The van der Waals surface area contributed by atoms with Crippen molar-refractivity contribution in [2.45, 2.75) is 38.2 Å². The molecule has 1 aliphatic rings. The van der Waals surface area contributed by atoms with E-state index >= 15 is 0 Å². The lowest BCUT2D eigenvalue weighted by Gasteiger charge is -2.23. The number of aromatic nitrogens is 6. The lowest BCUT2D eigenvalue weighted by molar-refractivity contribution is 0.154. The van der Waals surface area contributed by atoms with Gasteiger partial charge in [-0.05, 0) is 62.1 Å². The number of pyridine rings is 3. The van der Waals surface area contributed by atoms with E-state index < -0.39 is 0 Å². The van der Waals surface area contributed by atoms with Gasteiger partial charge in [-0.1, -0.05) is 18.6 Å². The second-order valence-electron chi connectivity index (χ2n) is 9.80. The average molecular weight is 505 g/mol. The van der Waals surface area contributed by atoms with E-state index in [9.17, 15) is 4.39 Å². The zero-order valence-corrected chi connectivity index (χ0v) is 20.6. The van der Waals surface area contributed by atoms with Gasteiger partial charge >= 0.3 is 0 Å². The summed E-state index contributed by atoms with van der Waals surface area (Å²) in [5.41, 5.74) is 6.49. The van der Waals surface area contributed by atoms with Crippen LogP contribution in [0.15, 0.2) is 73.3 Å². The van der Waals surface area contributed by atoms with Gasteiger partial charge in [-0.2, -0.15) is 5.10 Å². The van der Waals surface area contributed by atoms with Crippen molar-refractivity contribution in [2.75, 3.05) is 0 Å². The highest BCUT2D eigenvalue weighted by atomic mass is 19.1. The highest BCUT2D eigenvalue weighted by Gasteiger charge is 2.17. The molecule has 0 spiro atoms. The maximum Gasteiger partial charge on any atom is 0.181 e. The molecule has 2 N–H and O–H groups in total. The fourth-order valence-corrected chi connectivity index (χ4v) is 5.33. The molecule has 1 fully saturated rings. The Labute approximate surface area is 218 Å². The first-order valence-electron chi connectivity index (χ1n) is 12.9. The summed E-state index contributed by atoms with van der Waals surface area (Å²) in [6, 6.07) is 14.5. The lowest BCUT2D eigenvalue weighted by Crippen LogP contribution is -2.19. The zero-order valence-electron chi connectivity index (χ0n) is 20.6. The maximum absolute atomic E-state index is 13.9. The molecule has 5 aromatic heterocycles. The van der Waals surface area contributed by atoms with Gasteiger partial charge in [0, 0.05) is 51.6 Å². The third-order valence-electron chi connectivity index (χ3n) is 7.23. The van der Waals surface area contributed by atoms with Gasteiger partial charge in [-0.15, -0.1) is 0 Å². The SMILES string of the molecule is Fc1cccc(-c2nccc3[nH]c(-c4[nH]nc5ncc(-c6cncc(OC7CCCCC7)c6)cc45)cc23)c1. The highest BCUT2D eigenvalue weighted by Crippen LogP contribution is 2.34. The maximum atomic E-state index is 13.9. The van der Waals surface area contributed by atoms with Crippen LogP contribution in [0.4, 0.5) is 4.39 Å². The van der Waals surface area contributed by atoms with Crippen LogP contribution in [-0.4, -0.2) is 36.2 Å². The standard InChI is InChI=1S/C30H25FN6O/c31-21-6-4-5-18(11-21)28-24-14-27(35-26(24)9-10-33-28)29-25-13-20(16-34-30(25)37-36-29)19-12-23(17-32-15-19)38-22-7-2-1-3-8-22/h4-6,9-17,22,35H,1-3,7-8H2,(H,34,36,37). The van der Waals surface area contributed by atoms with E-state index in [2.05, 4.69) is 36.2 Å². The monoisotopic (exact) mass is 504 g/mol. The molecular weight excluding hydrogens is 479 g/mol. The van der Waals surface area contributed by atoms with Crippen molar-refractivity contribution in [3.05, 3.63) is 79.1 Å². The minimum Gasteiger partial charge on any atom is -0.489 e. The summed E-state index contributed by atoms with van der Waals surface area (Å²) < 4.78 is 20.1. The fourth-order valence-electron chi connectivity index (χ4n) is 5.33. The molecule has 1 saturated carbocycles. The fraction of sp³-hybridized carbons (Fsp3) is 0.200. The van der Waals surface area contributed by atoms with Gasteiger partial charge in [-0.3, -0.25) is 15.1 Å². The normalized spacial score (nSPS) is 14.3. The Morgan fingerprint density at radius 1 is 0.842 bits per heavy atom. The van der Waals surface area contributed by atoms with Crippen LogP contribution in [0.5, 0.6) is 5.75 Å². The molecule has 5 heterocycles. The molecular formula is C30H25FN6O. The number of benzene rings is 1. The van der Waals surface area contributed by atoms with Gasteiger partial charge in [-0.25, -0.2) is 9.37 Å². The topological polar surface area (TPSA) is 92.4 Å². The third-order valence-corrected chi connectivity index (χ3v) is 7.23. The van der Waals surface area contributed by atoms with Crippen molar-refractivity contribution in [3.8, 4) is 39.5 Å². The Kier molecular flexibility index (Phi) is 5.57. The zero-order chi connectivity index (χ0) is 25.5. The van der Waals surface area contributed by atoms with Crippen molar-refractivity contribution >= 4 is 21.9 Å². The van der Waals surface area contributed by atoms with Gasteiger partial charge in [0.15, 0.2) is 5.65 Å². The van der Waals surface area contributed by atoms with Crippen LogP contribution >= 0.6 is 0 Å². The molecule has 6 aromatic rings. The molecule has 8 heteroatoms. The smallest absolute Gasteiger partial charge is 0.181 e. The summed E-state index contributed by atoms with van der Waals surface area (Å²) in [4.78, 5) is 17.0. The quantitative estimate of drug-likeness (QED) is 0.262. The third kappa shape index (κ3) is 4.18. The number of nitrogens with one attached hydrogen (secondary N) is 2. The van der Waals surface area contributed by atoms with Gasteiger partial charge in [0.05, 0.1) is 29.4 Å². The van der Waals surface area contributed by atoms with Crippen LogP contribution in [-0.2, 0) is 0 Å². The Bertz CT molecular complexity index is 1770. The second-order valence-corrected chi connectivity index (χ2v) is 9.80. The lowest BCUT2D eigenvalue weighted by atomic mass is 9.98. The number of H-pyrrole nitrogens is 2. The van der Waals surface area contributed by atoms with Crippen LogP contribution in [0.25, 0.3) is 55.7 Å². The Morgan fingerprint density at radius 2 is 1.74 bits per heavy atom. The summed E-state index contributed by atoms with van der Waals surface area (Å²) in [6.45, 7) is 0. The largest absolute Gasteiger partial charge is 0.489 e. The van der Waals surface area contributed by atoms with Crippen molar-refractivity contribution in [1.29, 1.82) is 0 Å². The van der Waals surface area contributed by atoms with E-state index in [1.807, 2.05) is 36.7 Å². The number of nitrogens with zero attached hydrogens (tertiary/aromatic N) is 4. The van der Waals surface area contributed by atoms with E-state index in [0.29, 0.717) is 11.3 Å². The van der Waals surface area contributed by atoms with E-state index in [0.717, 1.165) is 63.0 Å².